The molecule has 5 nitrogen and oxygen atoms in total. The summed E-state index contributed by atoms with van der Waals surface area (Å²) in [6.45, 7) is 4.03. The molecule has 108 valence electrons. The molecule has 0 atom stereocenters. The van der Waals surface area contributed by atoms with Gasteiger partial charge in [-0.15, -0.1) is 0 Å². The number of aromatic amines is 1. The maximum absolute atomic E-state index is 12.2. The second-order valence-electron chi connectivity index (χ2n) is 4.75. The lowest BCUT2D eigenvalue weighted by molar-refractivity contribution is 0.0951. The highest BCUT2D eigenvalue weighted by atomic mass is 16.2. The van der Waals surface area contributed by atoms with E-state index in [1.807, 2.05) is 26.0 Å². The van der Waals surface area contributed by atoms with E-state index in [0.717, 1.165) is 16.8 Å². The molecule has 5 heteroatoms. The zero-order chi connectivity index (χ0) is 15.2. The van der Waals surface area contributed by atoms with Crippen molar-refractivity contribution in [1.29, 1.82) is 0 Å². The molecule has 0 radical (unpaired) electrons. The molecule has 0 aliphatic carbocycles. The Morgan fingerprint density at radius 3 is 2.86 bits per heavy atom. The number of hydrogen-bond donors (Lipinski definition) is 3. The van der Waals surface area contributed by atoms with Gasteiger partial charge in [-0.1, -0.05) is 11.8 Å². The first-order chi connectivity index (χ1) is 10.1. The molecule has 2 aromatic rings. The predicted molar refractivity (Wildman–Crippen MR) is 79.6 cm³/mol. The second kappa shape index (κ2) is 6.73. The Hall–Kier alpha value is -2.58. The molecule has 0 saturated carbocycles. The quantitative estimate of drug-likeness (QED) is 0.743. The number of nitrogens with zero attached hydrogens (tertiary/aromatic N) is 1. The van der Waals surface area contributed by atoms with E-state index in [9.17, 15) is 4.79 Å². The zero-order valence-corrected chi connectivity index (χ0v) is 12.0. The monoisotopic (exact) mass is 283 g/mol. The number of hydrogen-bond acceptors (Lipinski definition) is 3. The van der Waals surface area contributed by atoms with Crippen LogP contribution < -0.4 is 5.32 Å². The molecular formula is C16H17N3O2. The molecule has 0 saturated heterocycles. The molecule has 1 aromatic heterocycles. The Labute approximate surface area is 123 Å². The number of H-pyrrole nitrogens is 1. The lowest BCUT2D eigenvalue weighted by Crippen LogP contribution is -2.23. The predicted octanol–water partition coefficient (Wildman–Crippen LogP) is 1.30. The smallest absolute Gasteiger partial charge is 0.251 e. The van der Waals surface area contributed by atoms with Crippen molar-refractivity contribution in [3.8, 4) is 11.8 Å². The molecule has 1 aromatic carbocycles. The summed E-state index contributed by atoms with van der Waals surface area (Å²) in [5.74, 6) is 5.23. The fourth-order valence-electron chi connectivity index (χ4n) is 1.96. The molecule has 0 aliphatic rings. The Balaban J connectivity index is 2.11. The van der Waals surface area contributed by atoms with Crippen molar-refractivity contribution < 1.29 is 9.90 Å². The third-order valence-electron chi connectivity index (χ3n) is 3.03. The van der Waals surface area contributed by atoms with Gasteiger partial charge in [-0.3, -0.25) is 9.89 Å². The minimum Gasteiger partial charge on any atom is -0.384 e. The Morgan fingerprint density at radius 2 is 2.19 bits per heavy atom. The third-order valence-corrected chi connectivity index (χ3v) is 3.03. The van der Waals surface area contributed by atoms with Crippen LogP contribution in [0.5, 0.6) is 0 Å². The standard InChI is InChI=1S/C16H17N3O2/c1-11-6-13(4-3-5-20)8-14(7-11)16(21)17-9-15-10-18-19-12(15)2/h6-8,10,20H,5,9H2,1-2H3,(H,17,21)(H,18,19). The van der Waals surface area contributed by atoms with Crippen molar-refractivity contribution in [2.24, 2.45) is 0 Å². The lowest BCUT2D eigenvalue weighted by Gasteiger charge is -2.06. The molecule has 21 heavy (non-hydrogen) atoms. The van der Waals surface area contributed by atoms with Gasteiger partial charge >= 0.3 is 0 Å². The number of aliphatic hydroxyl groups is 1. The zero-order valence-electron chi connectivity index (χ0n) is 12.0. The summed E-state index contributed by atoms with van der Waals surface area (Å²) in [5, 5.41) is 18.3. The van der Waals surface area contributed by atoms with Crippen LogP contribution in [0.3, 0.4) is 0 Å². The summed E-state index contributed by atoms with van der Waals surface area (Å²) in [4.78, 5) is 12.2. The van der Waals surface area contributed by atoms with Crippen LogP contribution in [0.1, 0.15) is 32.7 Å². The first-order valence-electron chi connectivity index (χ1n) is 6.58. The summed E-state index contributed by atoms with van der Waals surface area (Å²) < 4.78 is 0. The number of benzene rings is 1. The van der Waals surface area contributed by atoms with Gasteiger partial charge in [-0.25, -0.2) is 0 Å². The van der Waals surface area contributed by atoms with E-state index < -0.39 is 0 Å². The van der Waals surface area contributed by atoms with Crippen LogP contribution in [0.2, 0.25) is 0 Å². The van der Waals surface area contributed by atoms with Gasteiger partial charge in [0.25, 0.3) is 5.91 Å². The number of aliphatic hydroxyl groups excluding tert-OH is 1. The normalized spacial score (nSPS) is 9.86. The fraction of sp³-hybridized carbons (Fsp3) is 0.250. The van der Waals surface area contributed by atoms with Gasteiger partial charge in [0.1, 0.15) is 6.61 Å². The van der Waals surface area contributed by atoms with Gasteiger partial charge in [-0.2, -0.15) is 5.10 Å². The molecule has 0 unspecified atom stereocenters. The highest BCUT2D eigenvalue weighted by molar-refractivity contribution is 5.94. The van der Waals surface area contributed by atoms with Crippen molar-refractivity contribution in [3.05, 3.63) is 52.3 Å². The highest BCUT2D eigenvalue weighted by Gasteiger charge is 2.08. The molecule has 0 bridgehead atoms. The highest BCUT2D eigenvalue weighted by Crippen LogP contribution is 2.10. The van der Waals surface area contributed by atoms with Crippen molar-refractivity contribution in [2.45, 2.75) is 20.4 Å². The fourth-order valence-corrected chi connectivity index (χ4v) is 1.96. The summed E-state index contributed by atoms with van der Waals surface area (Å²) in [6, 6.07) is 5.40. The minimum absolute atomic E-state index is 0.161. The number of amides is 1. The van der Waals surface area contributed by atoms with Gasteiger partial charge in [-0.05, 0) is 37.6 Å². The first-order valence-corrected chi connectivity index (χ1v) is 6.58. The lowest BCUT2D eigenvalue weighted by atomic mass is 10.1. The van der Waals surface area contributed by atoms with Crippen molar-refractivity contribution in [2.75, 3.05) is 6.61 Å². The van der Waals surface area contributed by atoms with Crippen LogP contribution in [0.25, 0.3) is 0 Å². The molecule has 0 aliphatic heterocycles. The molecular weight excluding hydrogens is 266 g/mol. The van der Waals surface area contributed by atoms with Crippen LogP contribution in [0.15, 0.2) is 24.4 Å². The van der Waals surface area contributed by atoms with Crippen LogP contribution in [-0.2, 0) is 6.54 Å². The van der Waals surface area contributed by atoms with E-state index >= 15 is 0 Å². The van der Waals surface area contributed by atoms with Crippen LogP contribution in [-0.4, -0.2) is 27.8 Å². The van der Waals surface area contributed by atoms with Crippen molar-refractivity contribution >= 4 is 5.91 Å². The van der Waals surface area contributed by atoms with Gasteiger partial charge in [0.2, 0.25) is 0 Å². The van der Waals surface area contributed by atoms with E-state index in [-0.39, 0.29) is 12.5 Å². The number of carbonyl (C=O) groups is 1. The molecule has 3 N–H and O–H groups in total. The second-order valence-corrected chi connectivity index (χ2v) is 4.75. The van der Waals surface area contributed by atoms with E-state index in [1.54, 1.807) is 12.3 Å². The van der Waals surface area contributed by atoms with Crippen molar-refractivity contribution in [3.63, 3.8) is 0 Å². The van der Waals surface area contributed by atoms with E-state index in [4.69, 9.17) is 5.11 Å². The Bertz CT molecular complexity index is 708. The van der Waals surface area contributed by atoms with E-state index in [0.29, 0.717) is 17.7 Å². The minimum atomic E-state index is -0.199. The van der Waals surface area contributed by atoms with Gasteiger partial charge in [0, 0.05) is 28.9 Å². The largest absolute Gasteiger partial charge is 0.384 e. The average Bonchev–Trinajstić information content (AvgIpc) is 2.87. The van der Waals surface area contributed by atoms with Gasteiger partial charge in [0.15, 0.2) is 0 Å². The maximum atomic E-state index is 12.2. The summed E-state index contributed by atoms with van der Waals surface area (Å²) in [6.07, 6.45) is 1.70. The molecule has 1 heterocycles. The van der Waals surface area contributed by atoms with Gasteiger partial charge < -0.3 is 10.4 Å². The summed E-state index contributed by atoms with van der Waals surface area (Å²) in [5.41, 5.74) is 4.11. The third kappa shape index (κ3) is 3.94. The first kappa shape index (κ1) is 14.8. The molecule has 2 rings (SSSR count). The molecule has 0 fully saturated rings. The van der Waals surface area contributed by atoms with Crippen LogP contribution in [0, 0.1) is 25.7 Å². The Morgan fingerprint density at radius 1 is 1.38 bits per heavy atom. The molecule has 0 spiro atoms. The van der Waals surface area contributed by atoms with E-state index in [1.165, 1.54) is 0 Å². The van der Waals surface area contributed by atoms with Crippen LogP contribution >= 0.6 is 0 Å². The SMILES string of the molecule is Cc1cc(C#CCO)cc(C(=O)NCc2cn[nH]c2C)c1. The molecule has 1 amide bonds. The number of rotatable bonds is 3. The number of aromatic nitrogens is 2. The number of nitrogens with one attached hydrogen (secondary N) is 2. The average molecular weight is 283 g/mol. The van der Waals surface area contributed by atoms with Crippen molar-refractivity contribution in [1.82, 2.24) is 15.5 Å². The number of carbonyl (C=O) groups excluding carboxylic acids is 1. The summed E-state index contributed by atoms with van der Waals surface area (Å²) >= 11 is 0. The topological polar surface area (TPSA) is 78.0 Å². The van der Waals surface area contributed by atoms with E-state index in [2.05, 4.69) is 27.4 Å². The summed E-state index contributed by atoms with van der Waals surface area (Å²) in [7, 11) is 0. The maximum Gasteiger partial charge on any atom is 0.251 e. The number of aryl methyl sites for hydroxylation is 2. The van der Waals surface area contributed by atoms with Gasteiger partial charge in [0.05, 0.1) is 6.20 Å². The Kier molecular flexibility index (Phi) is 4.75. The van der Waals surface area contributed by atoms with Crippen LogP contribution in [0.4, 0.5) is 0 Å².